The van der Waals surface area contributed by atoms with Crippen LogP contribution in [0.3, 0.4) is 0 Å². The fourth-order valence-electron chi connectivity index (χ4n) is 4.36. The van der Waals surface area contributed by atoms with Crippen molar-refractivity contribution in [2.45, 2.75) is 70.4 Å². The minimum atomic E-state index is -1.77. The fourth-order valence-corrected chi connectivity index (χ4v) is 4.36. The van der Waals surface area contributed by atoms with Crippen LogP contribution in [0.25, 0.3) is 0 Å². The molecule has 4 heterocycles. The molecule has 0 aromatic rings. The highest BCUT2D eigenvalue weighted by atomic mass is 19.1. The third-order valence-electron chi connectivity index (χ3n) is 6.77. The van der Waals surface area contributed by atoms with Crippen LogP contribution in [0.4, 0.5) is 4.39 Å². The molecular formula is C23H31FN2O8. The number of amides is 2. The van der Waals surface area contributed by atoms with Crippen LogP contribution in [0.1, 0.15) is 40.0 Å². The van der Waals surface area contributed by atoms with Crippen LogP contribution in [0, 0.1) is 11.8 Å². The summed E-state index contributed by atoms with van der Waals surface area (Å²) < 4.78 is 25.6. The number of aliphatic hydroxyl groups is 2. The quantitative estimate of drug-likeness (QED) is 0.551. The summed E-state index contributed by atoms with van der Waals surface area (Å²) in [5.41, 5.74) is -1.77. The Morgan fingerprint density at radius 2 is 1.47 bits per heavy atom. The molecule has 7 atom stereocenters. The largest absolute Gasteiger partial charge is 0.394 e. The van der Waals surface area contributed by atoms with Gasteiger partial charge in [-0.2, -0.15) is 0 Å². The zero-order valence-electron chi connectivity index (χ0n) is 19.4. The Morgan fingerprint density at radius 1 is 0.941 bits per heavy atom. The molecule has 2 saturated heterocycles. The number of halogens is 1. The molecule has 4 aliphatic heterocycles. The maximum atomic E-state index is 14.6. The Balaban J connectivity index is 0.000000192. The van der Waals surface area contributed by atoms with Crippen molar-refractivity contribution in [3.05, 3.63) is 24.6 Å². The van der Waals surface area contributed by atoms with E-state index in [0.29, 0.717) is 6.42 Å². The van der Waals surface area contributed by atoms with Crippen molar-refractivity contribution in [3.63, 3.8) is 0 Å². The van der Waals surface area contributed by atoms with Gasteiger partial charge in [-0.25, -0.2) is 4.39 Å². The summed E-state index contributed by atoms with van der Waals surface area (Å²) in [4.78, 5) is 48.0. The van der Waals surface area contributed by atoms with Gasteiger partial charge in [0.25, 0.3) is 0 Å². The van der Waals surface area contributed by atoms with Gasteiger partial charge in [0.05, 0.1) is 38.3 Å². The molecule has 10 nitrogen and oxygen atoms in total. The first-order valence-corrected chi connectivity index (χ1v) is 11.3. The van der Waals surface area contributed by atoms with Gasteiger partial charge in [0, 0.05) is 18.3 Å². The van der Waals surface area contributed by atoms with Crippen LogP contribution in [0.5, 0.6) is 0 Å². The number of nitrogens with zero attached hydrogens (tertiary/aromatic N) is 2. The van der Waals surface area contributed by atoms with Crippen LogP contribution in [-0.4, -0.2) is 86.9 Å². The molecule has 188 valence electrons. The van der Waals surface area contributed by atoms with Crippen molar-refractivity contribution in [1.82, 2.24) is 9.80 Å². The third kappa shape index (κ3) is 5.27. The van der Waals surface area contributed by atoms with Gasteiger partial charge in [0.2, 0.25) is 11.8 Å². The summed E-state index contributed by atoms with van der Waals surface area (Å²) in [5, 5.41) is 18.2. The molecule has 2 fully saturated rings. The van der Waals surface area contributed by atoms with E-state index in [9.17, 15) is 23.6 Å². The number of carbonyl (C=O) groups is 4. The zero-order chi connectivity index (χ0) is 25.2. The van der Waals surface area contributed by atoms with Crippen LogP contribution in [0.15, 0.2) is 24.6 Å². The molecule has 34 heavy (non-hydrogen) atoms. The van der Waals surface area contributed by atoms with Crippen molar-refractivity contribution >= 4 is 23.4 Å². The molecule has 4 rings (SSSR count). The van der Waals surface area contributed by atoms with E-state index in [-0.39, 0.29) is 61.8 Å². The van der Waals surface area contributed by atoms with Crippen LogP contribution in [0.2, 0.25) is 0 Å². The lowest BCUT2D eigenvalue weighted by Crippen LogP contribution is -2.49. The number of ketones is 2. The molecule has 0 aromatic heterocycles. The van der Waals surface area contributed by atoms with Crippen LogP contribution >= 0.6 is 0 Å². The highest BCUT2D eigenvalue weighted by molar-refractivity contribution is 6.07. The monoisotopic (exact) mass is 482 g/mol. The van der Waals surface area contributed by atoms with E-state index in [0.717, 1.165) is 4.90 Å². The second kappa shape index (κ2) is 10.4. The number of alkyl halides is 1. The van der Waals surface area contributed by atoms with Crippen molar-refractivity contribution in [2.24, 2.45) is 11.8 Å². The molecule has 0 aliphatic carbocycles. The van der Waals surface area contributed by atoms with E-state index in [2.05, 4.69) is 0 Å². The molecule has 0 spiro atoms. The minimum absolute atomic E-state index is 0.0393. The number of hydrogen-bond acceptors (Lipinski definition) is 8. The van der Waals surface area contributed by atoms with E-state index in [1.54, 1.807) is 6.92 Å². The molecule has 0 bridgehead atoms. The summed E-state index contributed by atoms with van der Waals surface area (Å²) in [6.45, 7) is 4.61. The van der Waals surface area contributed by atoms with Crippen molar-refractivity contribution in [2.75, 3.05) is 13.2 Å². The van der Waals surface area contributed by atoms with E-state index in [4.69, 9.17) is 19.7 Å². The van der Waals surface area contributed by atoms with Gasteiger partial charge in [0.1, 0.15) is 6.23 Å². The normalized spacial score (nSPS) is 37.9. The Kier molecular flexibility index (Phi) is 8.02. The summed E-state index contributed by atoms with van der Waals surface area (Å²) >= 11 is 0. The Bertz CT molecular complexity index is 888. The number of rotatable bonds is 4. The molecular weight excluding hydrogens is 451 g/mol. The van der Waals surface area contributed by atoms with Crippen LogP contribution < -0.4 is 0 Å². The average Bonchev–Trinajstić information content (AvgIpc) is 3.25. The van der Waals surface area contributed by atoms with Crippen molar-refractivity contribution < 1.29 is 43.3 Å². The Labute approximate surface area is 197 Å². The number of aliphatic hydroxyl groups excluding tert-OH is 2. The van der Waals surface area contributed by atoms with E-state index < -0.39 is 29.8 Å². The summed E-state index contributed by atoms with van der Waals surface area (Å²) in [7, 11) is 0. The molecule has 0 unspecified atom stereocenters. The maximum Gasteiger partial charge on any atom is 0.236 e. The van der Waals surface area contributed by atoms with Gasteiger partial charge >= 0.3 is 0 Å². The first kappa shape index (κ1) is 26.1. The number of ether oxygens (including phenoxy) is 2. The second-order valence-corrected chi connectivity index (χ2v) is 9.19. The SMILES string of the molecule is C[C@@H]1[C@@H](CO)O[C@@H](N2C=CC(=O)CC2=O)[C@]1(C)F.C[C@H]1C[C@H](N2C=CC(=O)CC2=O)O[C@@H]1CO. The predicted molar refractivity (Wildman–Crippen MR) is 115 cm³/mol. The first-order valence-electron chi connectivity index (χ1n) is 11.3. The molecule has 11 heteroatoms. The lowest BCUT2D eigenvalue weighted by atomic mass is 9.89. The number of hydrogen-bond donors (Lipinski definition) is 2. The van der Waals surface area contributed by atoms with Crippen LogP contribution in [-0.2, 0) is 28.7 Å². The average molecular weight is 483 g/mol. The van der Waals surface area contributed by atoms with Gasteiger partial charge in [-0.15, -0.1) is 0 Å². The predicted octanol–water partition coefficient (Wildman–Crippen LogP) is 0.428. The van der Waals surface area contributed by atoms with E-state index >= 15 is 0 Å². The Morgan fingerprint density at radius 3 is 1.91 bits per heavy atom. The van der Waals surface area contributed by atoms with Gasteiger partial charge < -0.3 is 19.7 Å². The molecule has 2 amide bonds. The summed E-state index contributed by atoms with van der Waals surface area (Å²) in [6.07, 6.45) is 3.38. The zero-order valence-corrected chi connectivity index (χ0v) is 19.4. The smallest absolute Gasteiger partial charge is 0.236 e. The van der Waals surface area contributed by atoms with Crippen molar-refractivity contribution in [3.8, 4) is 0 Å². The van der Waals surface area contributed by atoms with Gasteiger partial charge in [-0.1, -0.05) is 13.8 Å². The summed E-state index contributed by atoms with van der Waals surface area (Å²) in [6, 6.07) is 0. The topological polar surface area (TPSA) is 134 Å². The maximum absolute atomic E-state index is 14.6. The first-order chi connectivity index (χ1) is 16.0. The molecule has 0 aromatic carbocycles. The van der Waals surface area contributed by atoms with Gasteiger partial charge in [-0.3, -0.25) is 29.0 Å². The fraction of sp³-hybridized carbons (Fsp3) is 0.652. The lowest BCUT2D eigenvalue weighted by Gasteiger charge is -2.33. The summed E-state index contributed by atoms with van der Waals surface area (Å²) in [5.74, 6) is -1.52. The molecule has 2 N–H and O–H groups in total. The minimum Gasteiger partial charge on any atom is -0.394 e. The highest BCUT2D eigenvalue weighted by Crippen LogP contribution is 2.41. The third-order valence-corrected chi connectivity index (χ3v) is 6.77. The Hall–Kier alpha value is -2.47. The molecule has 4 aliphatic rings. The van der Waals surface area contributed by atoms with E-state index in [1.807, 2.05) is 6.92 Å². The number of allylic oxidation sites excluding steroid dienone is 2. The van der Waals surface area contributed by atoms with Crippen molar-refractivity contribution in [1.29, 1.82) is 0 Å². The standard InChI is InChI=1S/C12H16FNO4.C11H15NO4/c1-7-9(6-15)18-11(12(7,2)13)14-4-3-8(16)5-10(14)17;1-7-4-11(16-9(7)6-13)12-3-2-8(14)5-10(12)15/h3-4,7,9,11,15H,5-6H2,1-2H3;2-3,7,9,11,13H,4-6H2,1H3/t7-,9-,11-,12-;7-,9+,11+/m10/s1. The van der Waals surface area contributed by atoms with Gasteiger partial charge in [-0.05, 0) is 31.4 Å². The number of carbonyl (C=O) groups excluding carboxylic acids is 4. The molecule has 0 saturated carbocycles. The van der Waals surface area contributed by atoms with Gasteiger partial charge in [0.15, 0.2) is 23.5 Å². The lowest BCUT2D eigenvalue weighted by molar-refractivity contribution is -0.151. The van der Waals surface area contributed by atoms with E-state index in [1.165, 1.54) is 36.4 Å². The second-order valence-electron chi connectivity index (χ2n) is 9.19. The highest BCUT2D eigenvalue weighted by Gasteiger charge is 2.55. The molecule has 0 radical (unpaired) electrons.